The number of amides is 1. The molecule has 0 radical (unpaired) electrons. The third-order valence-electron chi connectivity index (χ3n) is 5.14. The maximum absolute atomic E-state index is 12.4. The molecule has 1 amide bonds. The maximum atomic E-state index is 12.4. The summed E-state index contributed by atoms with van der Waals surface area (Å²) in [5.74, 6) is 1.46. The van der Waals surface area contributed by atoms with Crippen molar-refractivity contribution < 1.29 is 9.53 Å². The quantitative estimate of drug-likeness (QED) is 0.729. The Morgan fingerprint density at radius 1 is 1.22 bits per heavy atom. The summed E-state index contributed by atoms with van der Waals surface area (Å²) in [5, 5.41) is 3.91. The second kappa shape index (κ2) is 7.39. The number of fused-ring (bicyclic) bond motifs is 2. The highest BCUT2D eigenvalue weighted by Crippen LogP contribution is 2.22. The number of rotatable bonds is 5. The summed E-state index contributed by atoms with van der Waals surface area (Å²) in [6.45, 7) is 2.57. The number of aromatic amines is 1. The first-order valence-electron chi connectivity index (χ1n) is 9.44. The minimum absolute atomic E-state index is 0.125. The number of aryl methyl sites for hydroxylation is 2. The fourth-order valence-corrected chi connectivity index (χ4v) is 3.70. The molecule has 0 fully saturated rings. The molecule has 0 saturated heterocycles. The number of carbonyl (C=O) groups excluding carboxylic acids is 1. The molecule has 4 rings (SSSR count). The van der Waals surface area contributed by atoms with Gasteiger partial charge in [0, 0.05) is 35.3 Å². The van der Waals surface area contributed by atoms with Crippen molar-refractivity contribution >= 4 is 16.8 Å². The van der Waals surface area contributed by atoms with Crippen LogP contribution in [0.25, 0.3) is 10.9 Å². The molecule has 1 aromatic carbocycles. The van der Waals surface area contributed by atoms with Gasteiger partial charge in [0.05, 0.1) is 7.11 Å². The van der Waals surface area contributed by atoms with E-state index in [2.05, 4.69) is 22.2 Å². The molecule has 3 aromatic rings. The number of benzene rings is 1. The number of aromatic nitrogens is 3. The Morgan fingerprint density at radius 3 is 2.93 bits per heavy atom. The smallest absolute Gasteiger partial charge is 0.267 e. The van der Waals surface area contributed by atoms with Crippen molar-refractivity contribution in [2.24, 2.45) is 0 Å². The summed E-state index contributed by atoms with van der Waals surface area (Å²) < 4.78 is 5.23. The van der Waals surface area contributed by atoms with Crippen LogP contribution in [-0.2, 0) is 19.3 Å². The van der Waals surface area contributed by atoms with E-state index in [-0.39, 0.29) is 5.91 Å². The molecule has 0 bridgehead atoms. The van der Waals surface area contributed by atoms with Crippen molar-refractivity contribution in [1.29, 1.82) is 0 Å². The summed E-state index contributed by atoms with van der Waals surface area (Å²) >= 11 is 0. The molecule has 6 heteroatoms. The van der Waals surface area contributed by atoms with Crippen molar-refractivity contribution in [2.45, 2.75) is 39.0 Å². The van der Waals surface area contributed by atoms with Gasteiger partial charge in [0.1, 0.15) is 17.3 Å². The summed E-state index contributed by atoms with van der Waals surface area (Å²) in [4.78, 5) is 24.9. The molecule has 2 N–H and O–H groups in total. The van der Waals surface area contributed by atoms with Crippen LogP contribution in [0.4, 0.5) is 0 Å². The standard InChI is InChI=1S/C21H24N4O2/c1-13-16-5-3-4-6-18(16)25-20(23-13)9-10-22-21(26)19-12-14-11-15(27-2)7-8-17(14)24-19/h7-8,11-12,24H,3-6,9-10H2,1-2H3,(H,22,26). The first-order chi connectivity index (χ1) is 13.1. The topological polar surface area (TPSA) is 79.9 Å². The Balaban J connectivity index is 1.40. The van der Waals surface area contributed by atoms with Crippen LogP contribution >= 0.6 is 0 Å². The van der Waals surface area contributed by atoms with E-state index < -0.39 is 0 Å². The monoisotopic (exact) mass is 364 g/mol. The molecule has 0 saturated carbocycles. The number of hydrogen-bond donors (Lipinski definition) is 2. The van der Waals surface area contributed by atoms with Gasteiger partial charge in [0.15, 0.2) is 0 Å². The predicted octanol–water partition coefficient (Wildman–Crippen LogP) is 3.13. The van der Waals surface area contributed by atoms with Gasteiger partial charge < -0.3 is 15.0 Å². The molecule has 0 unspecified atom stereocenters. The van der Waals surface area contributed by atoms with E-state index in [0.29, 0.717) is 18.7 Å². The van der Waals surface area contributed by atoms with E-state index in [1.807, 2.05) is 24.3 Å². The molecular formula is C21H24N4O2. The zero-order chi connectivity index (χ0) is 18.8. The minimum atomic E-state index is -0.125. The van der Waals surface area contributed by atoms with Gasteiger partial charge in [-0.05, 0) is 62.4 Å². The van der Waals surface area contributed by atoms with Crippen LogP contribution in [-0.4, -0.2) is 34.5 Å². The van der Waals surface area contributed by atoms with Crippen LogP contribution in [0.5, 0.6) is 5.75 Å². The highest BCUT2D eigenvalue weighted by Gasteiger charge is 2.16. The van der Waals surface area contributed by atoms with E-state index in [9.17, 15) is 4.79 Å². The first kappa shape index (κ1) is 17.5. The third kappa shape index (κ3) is 3.65. The minimum Gasteiger partial charge on any atom is -0.497 e. The summed E-state index contributed by atoms with van der Waals surface area (Å²) in [6, 6.07) is 7.53. The molecule has 2 aromatic heterocycles. The van der Waals surface area contributed by atoms with Gasteiger partial charge in [-0.1, -0.05) is 0 Å². The van der Waals surface area contributed by atoms with E-state index in [0.717, 1.165) is 41.0 Å². The predicted molar refractivity (Wildman–Crippen MR) is 104 cm³/mol. The highest BCUT2D eigenvalue weighted by molar-refractivity contribution is 5.98. The van der Waals surface area contributed by atoms with Crippen LogP contribution < -0.4 is 10.1 Å². The van der Waals surface area contributed by atoms with Crippen molar-refractivity contribution in [3.8, 4) is 5.75 Å². The summed E-state index contributed by atoms with van der Waals surface area (Å²) in [6.07, 6.45) is 5.18. The van der Waals surface area contributed by atoms with Crippen molar-refractivity contribution in [1.82, 2.24) is 20.3 Å². The van der Waals surface area contributed by atoms with Crippen LogP contribution in [0, 0.1) is 6.92 Å². The number of H-pyrrole nitrogens is 1. The molecule has 1 aliphatic carbocycles. The molecule has 140 valence electrons. The zero-order valence-electron chi connectivity index (χ0n) is 15.8. The largest absolute Gasteiger partial charge is 0.497 e. The Hall–Kier alpha value is -2.89. The van der Waals surface area contributed by atoms with Crippen LogP contribution in [0.15, 0.2) is 24.3 Å². The first-order valence-corrected chi connectivity index (χ1v) is 9.44. The van der Waals surface area contributed by atoms with E-state index in [1.165, 1.54) is 24.1 Å². The lowest BCUT2D eigenvalue weighted by Crippen LogP contribution is -2.26. The van der Waals surface area contributed by atoms with Gasteiger partial charge in [-0.25, -0.2) is 9.97 Å². The van der Waals surface area contributed by atoms with E-state index >= 15 is 0 Å². The number of hydrogen-bond acceptors (Lipinski definition) is 4. The van der Waals surface area contributed by atoms with Crippen LogP contribution in [0.2, 0.25) is 0 Å². The van der Waals surface area contributed by atoms with Crippen molar-refractivity contribution in [3.63, 3.8) is 0 Å². The number of nitrogens with one attached hydrogen (secondary N) is 2. The second-order valence-electron chi connectivity index (χ2n) is 7.00. The Kier molecular flexibility index (Phi) is 4.79. The Labute approximate surface area is 158 Å². The lowest BCUT2D eigenvalue weighted by Gasteiger charge is -2.17. The van der Waals surface area contributed by atoms with Crippen molar-refractivity contribution in [2.75, 3.05) is 13.7 Å². The van der Waals surface area contributed by atoms with Crippen LogP contribution in [0.1, 0.15) is 46.1 Å². The number of nitrogens with zero attached hydrogens (tertiary/aromatic N) is 2. The number of methoxy groups -OCH3 is 1. The molecule has 2 heterocycles. The molecule has 0 spiro atoms. The van der Waals surface area contributed by atoms with Gasteiger partial charge in [0.25, 0.3) is 5.91 Å². The fraction of sp³-hybridized carbons (Fsp3) is 0.381. The van der Waals surface area contributed by atoms with Gasteiger partial charge in [-0.2, -0.15) is 0 Å². The van der Waals surface area contributed by atoms with E-state index in [4.69, 9.17) is 9.72 Å². The fourth-order valence-electron chi connectivity index (χ4n) is 3.70. The molecule has 27 heavy (non-hydrogen) atoms. The van der Waals surface area contributed by atoms with Gasteiger partial charge >= 0.3 is 0 Å². The average molecular weight is 364 g/mol. The maximum Gasteiger partial charge on any atom is 0.267 e. The van der Waals surface area contributed by atoms with E-state index in [1.54, 1.807) is 7.11 Å². The molecular weight excluding hydrogens is 340 g/mol. The number of carbonyl (C=O) groups is 1. The lowest BCUT2D eigenvalue weighted by molar-refractivity contribution is 0.0950. The Bertz CT molecular complexity index is 993. The molecule has 0 atom stereocenters. The average Bonchev–Trinajstić information content (AvgIpc) is 3.11. The highest BCUT2D eigenvalue weighted by atomic mass is 16.5. The van der Waals surface area contributed by atoms with Crippen molar-refractivity contribution in [3.05, 3.63) is 52.7 Å². The number of ether oxygens (including phenoxy) is 1. The normalized spacial score (nSPS) is 13.4. The molecule has 1 aliphatic rings. The van der Waals surface area contributed by atoms with Gasteiger partial charge in [-0.3, -0.25) is 4.79 Å². The van der Waals surface area contributed by atoms with Gasteiger partial charge in [-0.15, -0.1) is 0 Å². The second-order valence-corrected chi connectivity index (χ2v) is 7.00. The lowest BCUT2D eigenvalue weighted by atomic mass is 9.95. The Morgan fingerprint density at radius 2 is 2.07 bits per heavy atom. The summed E-state index contributed by atoms with van der Waals surface area (Å²) in [5.41, 5.74) is 5.06. The van der Waals surface area contributed by atoms with Gasteiger partial charge in [0.2, 0.25) is 0 Å². The van der Waals surface area contributed by atoms with Crippen LogP contribution in [0.3, 0.4) is 0 Å². The zero-order valence-corrected chi connectivity index (χ0v) is 15.8. The summed E-state index contributed by atoms with van der Waals surface area (Å²) in [7, 11) is 1.63. The third-order valence-corrected chi connectivity index (χ3v) is 5.14. The molecule has 6 nitrogen and oxygen atoms in total. The molecule has 0 aliphatic heterocycles. The SMILES string of the molecule is COc1ccc2[nH]c(C(=O)NCCc3nc(C)c4c(n3)CCCC4)cc2c1.